The molecule has 7 heteroatoms. The highest BCUT2D eigenvalue weighted by molar-refractivity contribution is 6.73. The Hall–Kier alpha value is -0.143. The highest BCUT2D eigenvalue weighted by Gasteiger charge is 2.41. The van der Waals surface area contributed by atoms with E-state index in [9.17, 15) is 4.79 Å². The van der Waals surface area contributed by atoms with Crippen LogP contribution in [0, 0.1) is 0 Å². The Bertz CT molecular complexity index is 437. The molecule has 0 unspecified atom stereocenters. The van der Waals surface area contributed by atoms with Crippen LogP contribution >= 0.6 is 11.6 Å². The van der Waals surface area contributed by atoms with E-state index in [0.717, 1.165) is 32.4 Å². The molecule has 1 aliphatic heterocycles. The summed E-state index contributed by atoms with van der Waals surface area (Å²) in [4.78, 5) is 12.6. The van der Waals surface area contributed by atoms with Gasteiger partial charge >= 0.3 is 5.97 Å². The van der Waals surface area contributed by atoms with Crippen molar-refractivity contribution in [3.05, 3.63) is 0 Å². The molecule has 1 aliphatic rings. The zero-order valence-corrected chi connectivity index (χ0v) is 19.6. The molecule has 26 heavy (non-hydrogen) atoms. The number of rotatable bonds is 10. The summed E-state index contributed by atoms with van der Waals surface area (Å²) in [5.41, 5.74) is -0.454. The number of methoxy groups -OCH3 is 1. The zero-order valence-electron chi connectivity index (χ0n) is 17.8. The maximum atomic E-state index is 12.6. The van der Waals surface area contributed by atoms with Gasteiger partial charge in [-0.2, -0.15) is 0 Å². The Morgan fingerprint density at radius 3 is 2.50 bits per heavy atom. The van der Waals surface area contributed by atoms with E-state index in [-0.39, 0.29) is 12.0 Å². The number of alkyl halides is 1. The van der Waals surface area contributed by atoms with E-state index in [2.05, 4.69) is 29.3 Å². The predicted octanol–water partition coefficient (Wildman–Crippen LogP) is 4.27. The first-order valence-electron chi connectivity index (χ1n) is 9.82. The number of carbonyl (C=O) groups is 1. The number of carbonyl (C=O) groups excluding carboxylic acids is 1. The van der Waals surface area contributed by atoms with E-state index in [1.54, 1.807) is 7.11 Å². The van der Waals surface area contributed by atoms with Gasteiger partial charge in [0.15, 0.2) is 0 Å². The third-order valence-electron chi connectivity index (χ3n) is 4.51. The molecule has 2 atom stereocenters. The standard InChI is InChI=1S/C19H39ClN2O3Si/c1-19(2,3)25-18(23)14-16(10-8-12-20)22(26(5,6)7)21-13-9-11-17(21)15-24-4/h16-17H,8-15H2,1-7H3/t16-,17-/m0/s1. The minimum absolute atomic E-state index is 0.122. The van der Waals surface area contributed by atoms with Gasteiger partial charge in [0.05, 0.1) is 13.0 Å². The molecule has 0 N–H and O–H groups in total. The van der Waals surface area contributed by atoms with Gasteiger partial charge in [0.25, 0.3) is 0 Å². The Morgan fingerprint density at radius 1 is 1.35 bits per heavy atom. The van der Waals surface area contributed by atoms with Crippen molar-refractivity contribution in [2.24, 2.45) is 0 Å². The second kappa shape index (κ2) is 10.4. The van der Waals surface area contributed by atoms with E-state index in [1.165, 1.54) is 6.42 Å². The second-order valence-corrected chi connectivity index (χ2v) is 14.4. The molecule has 1 rings (SSSR count). The van der Waals surface area contributed by atoms with Crippen LogP contribution in [0.5, 0.6) is 0 Å². The van der Waals surface area contributed by atoms with Gasteiger partial charge in [0, 0.05) is 31.6 Å². The molecular formula is C19H39ClN2O3Si. The molecule has 1 heterocycles. The van der Waals surface area contributed by atoms with Crippen molar-refractivity contribution in [3.8, 4) is 0 Å². The summed E-state index contributed by atoms with van der Waals surface area (Å²) in [5, 5.41) is 2.49. The Balaban J connectivity index is 3.03. The molecule has 0 bridgehead atoms. The topological polar surface area (TPSA) is 42.0 Å². The van der Waals surface area contributed by atoms with Crippen molar-refractivity contribution in [2.75, 3.05) is 26.1 Å². The average Bonchev–Trinajstić information content (AvgIpc) is 2.89. The molecule has 5 nitrogen and oxygen atoms in total. The van der Waals surface area contributed by atoms with Crippen molar-refractivity contribution in [3.63, 3.8) is 0 Å². The van der Waals surface area contributed by atoms with E-state index in [0.29, 0.717) is 18.3 Å². The number of hydrogen-bond donors (Lipinski definition) is 0. The molecule has 1 fully saturated rings. The summed E-state index contributed by atoms with van der Waals surface area (Å²) >= 11 is 5.99. The van der Waals surface area contributed by atoms with Gasteiger partial charge < -0.3 is 9.47 Å². The van der Waals surface area contributed by atoms with Crippen LogP contribution in [0.3, 0.4) is 0 Å². The second-order valence-electron chi connectivity index (χ2n) is 9.21. The molecule has 0 aromatic rings. The molecule has 0 aromatic carbocycles. The van der Waals surface area contributed by atoms with Crippen LogP contribution in [0.15, 0.2) is 0 Å². The highest BCUT2D eigenvalue weighted by atomic mass is 35.5. The van der Waals surface area contributed by atoms with Gasteiger partial charge in [-0.15, -0.1) is 11.6 Å². The molecule has 0 radical (unpaired) electrons. The first-order chi connectivity index (χ1) is 12.0. The number of hydrazine groups is 1. The average molecular weight is 407 g/mol. The van der Waals surface area contributed by atoms with Crippen LogP contribution in [-0.2, 0) is 14.3 Å². The maximum absolute atomic E-state index is 12.6. The SMILES string of the molecule is COC[C@@H]1CCCN1N([C@@H](CCCCl)CC(=O)OC(C)(C)C)[Si](C)(C)C. The monoisotopic (exact) mass is 406 g/mol. The number of ether oxygens (including phenoxy) is 2. The lowest BCUT2D eigenvalue weighted by molar-refractivity contribution is -0.157. The Kier molecular flexibility index (Phi) is 9.57. The number of esters is 1. The first kappa shape index (κ1) is 23.9. The minimum Gasteiger partial charge on any atom is -0.460 e. The van der Waals surface area contributed by atoms with Gasteiger partial charge in [-0.3, -0.25) is 9.47 Å². The fourth-order valence-corrected chi connectivity index (χ4v) is 6.31. The lowest BCUT2D eigenvalue weighted by atomic mass is 10.1. The molecule has 0 aromatic heterocycles. The Morgan fingerprint density at radius 2 is 2.00 bits per heavy atom. The molecular weight excluding hydrogens is 368 g/mol. The summed E-state index contributed by atoms with van der Waals surface area (Å²) < 4.78 is 13.6. The summed E-state index contributed by atoms with van der Waals surface area (Å²) in [6.07, 6.45) is 4.53. The van der Waals surface area contributed by atoms with E-state index in [1.807, 2.05) is 20.8 Å². The summed E-state index contributed by atoms with van der Waals surface area (Å²) in [6, 6.07) is 0.525. The van der Waals surface area contributed by atoms with Crippen molar-refractivity contribution in [1.29, 1.82) is 0 Å². The van der Waals surface area contributed by atoms with Gasteiger partial charge in [-0.25, -0.2) is 5.01 Å². The van der Waals surface area contributed by atoms with Gasteiger partial charge in [-0.1, -0.05) is 19.6 Å². The summed E-state index contributed by atoms with van der Waals surface area (Å²) in [5.74, 6) is 0.495. The number of halogens is 1. The molecule has 0 amide bonds. The van der Waals surface area contributed by atoms with Crippen LogP contribution in [-0.4, -0.2) is 67.7 Å². The third kappa shape index (κ3) is 7.85. The summed E-state index contributed by atoms with van der Waals surface area (Å²) in [7, 11) is 0.0567. The van der Waals surface area contributed by atoms with Crippen LogP contribution in [0.2, 0.25) is 19.6 Å². The normalized spacial score (nSPS) is 20.6. The number of nitrogens with zero attached hydrogens (tertiary/aromatic N) is 2. The largest absolute Gasteiger partial charge is 0.460 e. The maximum Gasteiger partial charge on any atom is 0.307 e. The first-order valence-corrected chi connectivity index (χ1v) is 13.8. The van der Waals surface area contributed by atoms with Crippen molar-refractivity contribution < 1.29 is 14.3 Å². The van der Waals surface area contributed by atoms with Gasteiger partial charge in [0.1, 0.15) is 13.8 Å². The van der Waals surface area contributed by atoms with Crippen molar-refractivity contribution >= 4 is 25.8 Å². The molecule has 0 aliphatic carbocycles. The highest BCUT2D eigenvalue weighted by Crippen LogP contribution is 2.30. The fourth-order valence-electron chi connectivity index (χ4n) is 3.81. The van der Waals surface area contributed by atoms with Gasteiger partial charge in [-0.05, 0) is 46.5 Å². The lowest BCUT2D eigenvalue weighted by Gasteiger charge is -2.48. The van der Waals surface area contributed by atoms with Crippen LogP contribution in [0.4, 0.5) is 0 Å². The fraction of sp³-hybridized carbons (Fsp3) is 0.947. The lowest BCUT2D eigenvalue weighted by Crippen LogP contribution is -2.62. The number of hydrogen-bond acceptors (Lipinski definition) is 5. The molecule has 0 saturated carbocycles. The predicted molar refractivity (Wildman–Crippen MR) is 111 cm³/mol. The molecule has 1 saturated heterocycles. The minimum atomic E-state index is -1.71. The van der Waals surface area contributed by atoms with Crippen LogP contribution in [0.1, 0.15) is 52.9 Å². The Labute approximate surface area is 166 Å². The van der Waals surface area contributed by atoms with E-state index >= 15 is 0 Å². The molecule has 0 spiro atoms. The van der Waals surface area contributed by atoms with Crippen LogP contribution in [0.25, 0.3) is 0 Å². The van der Waals surface area contributed by atoms with Crippen LogP contribution < -0.4 is 0 Å². The van der Waals surface area contributed by atoms with E-state index in [4.69, 9.17) is 21.1 Å². The smallest absolute Gasteiger partial charge is 0.307 e. The molecule has 154 valence electrons. The third-order valence-corrected chi connectivity index (χ3v) is 6.77. The van der Waals surface area contributed by atoms with E-state index < -0.39 is 13.8 Å². The zero-order chi connectivity index (χ0) is 20.0. The van der Waals surface area contributed by atoms with Crippen molar-refractivity contribution in [2.45, 2.75) is 90.2 Å². The quantitative estimate of drug-likeness (QED) is 0.308. The van der Waals surface area contributed by atoms with Crippen molar-refractivity contribution in [1.82, 2.24) is 9.68 Å². The summed E-state index contributed by atoms with van der Waals surface area (Å²) in [6.45, 7) is 14.6. The van der Waals surface area contributed by atoms with Gasteiger partial charge in [0.2, 0.25) is 0 Å².